The largest absolute Gasteiger partial charge is 0.337 e. The summed E-state index contributed by atoms with van der Waals surface area (Å²) < 4.78 is 19.4. The predicted molar refractivity (Wildman–Crippen MR) is 206 cm³/mol. The molecule has 0 saturated heterocycles. The summed E-state index contributed by atoms with van der Waals surface area (Å²) in [6.45, 7) is 10.3. The van der Waals surface area contributed by atoms with E-state index in [4.69, 9.17) is 0 Å². The Labute approximate surface area is 309 Å². The summed E-state index contributed by atoms with van der Waals surface area (Å²) >= 11 is 0. The first-order valence-corrected chi connectivity index (χ1v) is 19.2. The highest BCUT2D eigenvalue weighted by atomic mass is 19.1. The number of hydrogen-bond acceptors (Lipinski definition) is 7. The van der Waals surface area contributed by atoms with E-state index in [2.05, 4.69) is 69.5 Å². The van der Waals surface area contributed by atoms with Crippen molar-refractivity contribution in [2.45, 2.75) is 84.3 Å². The molecule has 0 unspecified atom stereocenters. The van der Waals surface area contributed by atoms with E-state index in [0.29, 0.717) is 43.5 Å². The molecule has 278 valence electrons. The van der Waals surface area contributed by atoms with Crippen LogP contribution in [0.5, 0.6) is 0 Å². The van der Waals surface area contributed by atoms with Crippen molar-refractivity contribution >= 4 is 16.8 Å². The quantitative estimate of drug-likeness (QED) is 0.126. The lowest BCUT2D eigenvalue weighted by molar-refractivity contribution is 0.0938. The zero-order valence-electron chi connectivity index (χ0n) is 31.1. The second-order valence-electron chi connectivity index (χ2n) is 14.8. The van der Waals surface area contributed by atoms with Gasteiger partial charge in [-0.3, -0.25) is 14.2 Å². The van der Waals surface area contributed by atoms with E-state index in [1.807, 2.05) is 30.5 Å². The van der Waals surface area contributed by atoms with Crippen molar-refractivity contribution in [1.82, 2.24) is 33.5 Å². The number of hydrogen-bond donors (Lipinski definition) is 0. The summed E-state index contributed by atoms with van der Waals surface area (Å²) in [5, 5.41) is 0.0607. The lowest BCUT2D eigenvalue weighted by Gasteiger charge is -2.29. The second-order valence-corrected chi connectivity index (χ2v) is 14.8. The van der Waals surface area contributed by atoms with E-state index in [9.17, 15) is 18.8 Å². The Morgan fingerprint density at radius 3 is 2.45 bits per heavy atom. The van der Waals surface area contributed by atoms with Crippen LogP contribution in [-0.4, -0.2) is 72.5 Å². The van der Waals surface area contributed by atoms with Crippen LogP contribution in [0.2, 0.25) is 0 Å². The number of imidazole rings is 1. The highest BCUT2D eigenvalue weighted by Gasteiger charge is 2.29. The lowest BCUT2D eigenvalue weighted by Crippen LogP contribution is -2.43. The van der Waals surface area contributed by atoms with E-state index in [0.717, 1.165) is 81.7 Å². The number of pyridine rings is 1. The van der Waals surface area contributed by atoms with Crippen LogP contribution in [0.3, 0.4) is 0 Å². The molecule has 2 aromatic carbocycles. The van der Waals surface area contributed by atoms with Gasteiger partial charge in [-0.15, -0.1) is 0 Å². The lowest BCUT2D eigenvalue weighted by atomic mass is 9.82. The Hall–Kier alpha value is -4.74. The van der Waals surface area contributed by atoms with Crippen molar-refractivity contribution in [3.8, 4) is 16.8 Å². The molecular weight excluding hydrogens is 670 g/mol. The van der Waals surface area contributed by atoms with Crippen LogP contribution >= 0.6 is 0 Å². The topological polar surface area (TPSA) is 98.3 Å². The van der Waals surface area contributed by atoms with Gasteiger partial charge in [0, 0.05) is 51.3 Å². The molecule has 3 aromatic heterocycles. The maximum atomic E-state index is 14.6. The average Bonchev–Trinajstić information content (AvgIpc) is 3.62. The molecule has 53 heavy (non-hydrogen) atoms. The normalized spacial score (nSPS) is 17.5. The zero-order chi connectivity index (χ0) is 37.1. The number of halogens is 1. The number of fused-ring (bicyclic) bond motifs is 2. The van der Waals surface area contributed by atoms with Crippen LogP contribution in [-0.2, 0) is 19.5 Å². The molecule has 7 rings (SSSR count). The number of aromatic nitrogens is 5. The molecule has 0 atom stereocenters. The first-order valence-electron chi connectivity index (χ1n) is 19.2. The summed E-state index contributed by atoms with van der Waals surface area (Å²) in [5.41, 5.74) is 3.30. The predicted octanol–water partition coefficient (Wildman–Crippen LogP) is 6.66. The van der Waals surface area contributed by atoms with Gasteiger partial charge in [-0.2, -0.15) is 0 Å². The van der Waals surface area contributed by atoms with E-state index in [1.165, 1.54) is 20.8 Å². The van der Waals surface area contributed by atoms with Gasteiger partial charge >= 0.3 is 5.69 Å². The summed E-state index contributed by atoms with van der Waals surface area (Å²) in [4.78, 5) is 55.1. The second kappa shape index (κ2) is 16.1. The number of carbonyl (C=O) groups is 1. The molecule has 5 aromatic rings. The molecule has 1 saturated carbocycles. The molecule has 4 heterocycles. The Balaban J connectivity index is 1.11. The molecule has 11 heteroatoms. The Bertz CT molecular complexity index is 2170. The fourth-order valence-corrected chi connectivity index (χ4v) is 8.13. The minimum absolute atomic E-state index is 0.0508. The van der Waals surface area contributed by atoms with Gasteiger partial charge in [0.05, 0.1) is 17.3 Å². The van der Waals surface area contributed by atoms with Crippen LogP contribution in [0.15, 0.2) is 76.6 Å². The minimum Gasteiger partial charge on any atom is -0.334 e. The average molecular weight is 720 g/mol. The van der Waals surface area contributed by atoms with Gasteiger partial charge in [-0.05, 0) is 99.5 Å². The highest BCUT2D eigenvalue weighted by molar-refractivity contribution is 5.94. The number of benzene rings is 2. The van der Waals surface area contributed by atoms with E-state index >= 15 is 0 Å². The molecule has 0 bridgehead atoms. The minimum atomic E-state index is -0.637. The van der Waals surface area contributed by atoms with Crippen molar-refractivity contribution in [3.05, 3.63) is 111 Å². The first kappa shape index (κ1) is 36.6. The van der Waals surface area contributed by atoms with Crippen LogP contribution < -0.4 is 11.2 Å². The van der Waals surface area contributed by atoms with Crippen molar-refractivity contribution in [1.29, 1.82) is 0 Å². The van der Waals surface area contributed by atoms with Crippen LogP contribution in [0, 0.1) is 11.7 Å². The number of ketones is 1. The summed E-state index contributed by atoms with van der Waals surface area (Å²) in [6.07, 6.45) is 8.99. The maximum absolute atomic E-state index is 14.6. The molecule has 1 aliphatic carbocycles. The molecule has 1 fully saturated rings. The fraction of sp³-hybridized carbons (Fsp3) is 0.452. The maximum Gasteiger partial charge on any atom is 0.337 e. The molecule has 0 amide bonds. The van der Waals surface area contributed by atoms with Gasteiger partial charge in [-0.1, -0.05) is 50.2 Å². The standard InChI is InChI=1S/C42H50FN7O3/c1-4-47(5-2)22-21-46(3)27-30-12-16-31(17-13-30)32-9-8-10-35(24-32)49-40-36(25-33(43)26-44-40)41(52)50(42(49)53)34-18-14-29(15-19-34)23-38(51)37-28-48-20-7-6-11-39(48)45-37/h8-10,12-13,16-17,24-26,28-29,34H,4-7,11,14-15,18-23,27H2,1-3H3. The number of carbonyl (C=O) groups excluding carboxylic acids is 1. The van der Waals surface area contributed by atoms with Crippen molar-refractivity contribution in [2.75, 3.05) is 33.2 Å². The summed E-state index contributed by atoms with van der Waals surface area (Å²) in [7, 11) is 2.14. The highest BCUT2D eigenvalue weighted by Crippen LogP contribution is 2.34. The molecule has 10 nitrogen and oxygen atoms in total. The smallest absolute Gasteiger partial charge is 0.334 e. The van der Waals surface area contributed by atoms with Gasteiger partial charge in [0.15, 0.2) is 11.4 Å². The van der Waals surface area contributed by atoms with Gasteiger partial charge in [0.2, 0.25) is 0 Å². The number of rotatable bonds is 13. The molecular formula is C42H50FN7O3. The summed E-state index contributed by atoms with van der Waals surface area (Å²) in [6, 6.07) is 16.9. The van der Waals surface area contributed by atoms with Gasteiger partial charge in [-0.25, -0.2) is 23.7 Å². The van der Waals surface area contributed by atoms with Crippen molar-refractivity contribution in [3.63, 3.8) is 0 Å². The monoisotopic (exact) mass is 719 g/mol. The van der Waals surface area contributed by atoms with E-state index < -0.39 is 17.1 Å². The third-order valence-electron chi connectivity index (χ3n) is 11.3. The molecule has 2 aliphatic rings. The SMILES string of the molecule is CCN(CC)CCN(C)Cc1ccc(-c2cccc(-n3c(=O)n(C4CCC(CC(=O)c5cn6c(n5)CCCC6)CC4)c(=O)c4cc(F)cnc43)c2)cc1. The Morgan fingerprint density at radius 1 is 0.943 bits per heavy atom. The van der Waals surface area contributed by atoms with Crippen molar-refractivity contribution in [2.24, 2.45) is 5.92 Å². The molecule has 0 radical (unpaired) electrons. The van der Waals surface area contributed by atoms with Gasteiger partial charge in [0.25, 0.3) is 5.56 Å². The molecule has 1 aliphatic heterocycles. The van der Waals surface area contributed by atoms with Crippen LogP contribution in [0.4, 0.5) is 4.39 Å². The first-order chi connectivity index (χ1) is 25.7. The summed E-state index contributed by atoms with van der Waals surface area (Å²) in [5.74, 6) is 0.549. The Kier molecular flexibility index (Phi) is 11.1. The molecule has 0 spiro atoms. The number of likely N-dealkylation sites (N-methyl/N-ethyl adjacent to an activating group) is 2. The third-order valence-corrected chi connectivity index (χ3v) is 11.3. The number of aryl methyl sites for hydroxylation is 2. The number of nitrogens with zero attached hydrogens (tertiary/aromatic N) is 7. The number of Topliss-reactive ketones (excluding diaryl/α,β-unsaturated/α-hetero) is 1. The van der Waals surface area contributed by atoms with Crippen LogP contribution in [0.1, 0.15) is 86.7 Å². The Morgan fingerprint density at radius 2 is 1.72 bits per heavy atom. The third kappa shape index (κ3) is 7.96. The van der Waals surface area contributed by atoms with Crippen LogP contribution in [0.25, 0.3) is 27.8 Å². The molecule has 0 N–H and O–H groups in total. The van der Waals surface area contributed by atoms with Crippen molar-refractivity contribution < 1.29 is 9.18 Å². The van der Waals surface area contributed by atoms with Gasteiger partial charge in [0.1, 0.15) is 17.3 Å². The fourth-order valence-electron chi connectivity index (χ4n) is 8.13. The van der Waals surface area contributed by atoms with E-state index in [-0.39, 0.29) is 28.8 Å². The van der Waals surface area contributed by atoms with E-state index in [1.54, 1.807) is 0 Å². The van der Waals surface area contributed by atoms with Gasteiger partial charge < -0.3 is 14.4 Å². The zero-order valence-corrected chi connectivity index (χ0v) is 31.1.